The van der Waals surface area contributed by atoms with Crippen LogP contribution in [0.1, 0.15) is 32.0 Å². The number of aliphatic hydroxyl groups is 1. The maximum Gasteiger partial charge on any atom is 0.451 e. The Labute approximate surface area is 121 Å². The molecule has 0 spiro atoms. The van der Waals surface area contributed by atoms with Crippen LogP contribution < -0.4 is 10.6 Å². The van der Waals surface area contributed by atoms with E-state index in [1.165, 1.54) is 6.07 Å². The summed E-state index contributed by atoms with van der Waals surface area (Å²) in [5.41, 5.74) is -0.00353. The number of rotatable bonds is 7. The minimum atomic E-state index is -4.58. The van der Waals surface area contributed by atoms with E-state index >= 15 is 0 Å². The second kappa shape index (κ2) is 6.05. The Bertz CT molecular complexity index is 489. The maximum absolute atomic E-state index is 12.8. The Hall–Kier alpha value is -1.57. The highest BCUT2D eigenvalue weighted by Crippen LogP contribution is 2.48. The Morgan fingerprint density at radius 1 is 1.24 bits per heavy atom. The van der Waals surface area contributed by atoms with E-state index in [1.54, 1.807) is 6.92 Å². The average molecular weight is 304 g/mol. The van der Waals surface area contributed by atoms with Crippen LogP contribution >= 0.6 is 0 Å². The molecule has 0 saturated heterocycles. The number of hydrogen-bond donors (Lipinski definition) is 3. The normalized spacial score (nSPS) is 16.6. The van der Waals surface area contributed by atoms with Crippen molar-refractivity contribution < 1.29 is 18.3 Å². The molecule has 0 unspecified atom stereocenters. The number of alkyl halides is 3. The zero-order valence-corrected chi connectivity index (χ0v) is 11.8. The van der Waals surface area contributed by atoms with E-state index in [-0.39, 0.29) is 23.7 Å². The zero-order chi connectivity index (χ0) is 15.5. The van der Waals surface area contributed by atoms with Gasteiger partial charge in [-0.1, -0.05) is 0 Å². The van der Waals surface area contributed by atoms with Crippen molar-refractivity contribution in [3.63, 3.8) is 0 Å². The molecule has 1 fully saturated rings. The lowest BCUT2D eigenvalue weighted by atomic mass is 10.0. The van der Waals surface area contributed by atoms with Gasteiger partial charge >= 0.3 is 6.18 Å². The Balaban J connectivity index is 2.12. The quantitative estimate of drug-likeness (QED) is 0.722. The first-order valence-electron chi connectivity index (χ1n) is 6.93. The third-order valence-electron chi connectivity index (χ3n) is 3.58. The Morgan fingerprint density at radius 3 is 2.33 bits per heavy atom. The Morgan fingerprint density at radius 2 is 1.86 bits per heavy atom. The standard InChI is InChI=1S/C13H19F3N4O/c1-2-17-9-7-10(20-11(19-9)13(14,15)16)18-8-12(3-4-12)5-6-21/h7,21H,2-6,8H2,1H3,(H2,17,18,19,20). The van der Waals surface area contributed by atoms with Gasteiger partial charge in [0.05, 0.1) is 0 Å². The minimum absolute atomic E-state index is 0.00353. The van der Waals surface area contributed by atoms with Crippen LogP contribution in [0, 0.1) is 5.41 Å². The van der Waals surface area contributed by atoms with Gasteiger partial charge in [0.15, 0.2) is 0 Å². The van der Waals surface area contributed by atoms with Gasteiger partial charge in [0.25, 0.3) is 0 Å². The molecule has 0 bridgehead atoms. The summed E-state index contributed by atoms with van der Waals surface area (Å²) in [5.74, 6) is -0.859. The number of halogens is 3. The van der Waals surface area contributed by atoms with Crippen molar-refractivity contribution in [1.82, 2.24) is 9.97 Å². The van der Waals surface area contributed by atoms with Crippen LogP contribution in [0.2, 0.25) is 0 Å². The zero-order valence-electron chi connectivity index (χ0n) is 11.8. The molecule has 2 rings (SSSR count). The van der Waals surface area contributed by atoms with Gasteiger partial charge in [-0.3, -0.25) is 0 Å². The van der Waals surface area contributed by atoms with Gasteiger partial charge in [0.2, 0.25) is 5.82 Å². The molecule has 0 radical (unpaired) electrons. The minimum Gasteiger partial charge on any atom is -0.396 e. The van der Waals surface area contributed by atoms with Crippen LogP contribution in [0.3, 0.4) is 0 Å². The number of aromatic nitrogens is 2. The van der Waals surface area contributed by atoms with Gasteiger partial charge in [-0.2, -0.15) is 13.2 Å². The van der Waals surface area contributed by atoms with E-state index in [0.717, 1.165) is 12.8 Å². The van der Waals surface area contributed by atoms with Gasteiger partial charge in [-0.25, -0.2) is 9.97 Å². The van der Waals surface area contributed by atoms with Gasteiger partial charge < -0.3 is 15.7 Å². The molecule has 1 aromatic heterocycles. The van der Waals surface area contributed by atoms with Crippen molar-refractivity contribution in [2.24, 2.45) is 5.41 Å². The highest BCUT2D eigenvalue weighted by atomic mass is 19.4. The van der Waals surface area contributed by atoms with Crippen molar-refractivity contribution in [2.45, 2.75) is 32.4 Å². The molecule has 0 atom stereocenters. The first-order valence-corrected chi connectivity index (χ1v) is 6.93. The summed E-state index contributed by atoms with van der Waals surface area (Å²) >= 11 is 0. The molecular weight excluding hydrogens is 285 g/mol. The lowest BCUT2D eigenvalue weighted by Crippen LogP contribution is -2.20. The summed E-state index contributed by atoms with van der Waals surface area (Å²) in [7, 11) is 0. The average Bonchev–Trinajstić information content (AvgIpc) is 3.16. The SMILES string of the molecule is CCNc1cc(NCC2(CCO)CC2)nc(C(F)(F)F)n1. The smallest absolute Gasteiger partial charge is 0.396 e. The second-order valence-corrected chi connectivity index (χ2v) is 5.32. The van der Waals surface area contributed by atoms with Crippen molar-refractivity contribution in [1.29, 1.82) is 0 Å². The van der Waals surface area contributed by atoms with Crippen LogP contribution in [0.4, 0.5) is 24.8 Å². The molecule has 3 N–H and O–H groups in total. The first kappa shape index (κ1) is 15.8. The van der Waals surface area contributed by atoms with Crippen molar-refractivity contribution in [2.75, 3.05) is 30.3 Å². The van der Waals surface area contributed by atoms with Gasteiger partial charge in [-0.05, 0) is 31.6 Å². The molecule has 118 valence electrons. The molecule has 0 aliphatic heterocycles. The predicted molar refractivity (Wildman–Crippen MR) is 73.1 cm³/mol. The third-order valence-corrected chi connectivity index (χ3v) is 3.58. The summed E-state index contributed by atoms with van der Waals surface area (Å²) in [6.45, 7) is 2.85. The van der Waals surface area contributed by atoms with Crippen LogP contribution in [0.15, 0.2) is 6.07 Å². The maximum atomic E-state index is 12.8. The van der Waals surface area contributed by atoms with E-state index in [9.17, 15) is 13.2 Å². The molecule has 1 heterocycles. The van der Waals surface area contributed by atoms with Crippen LogP contribution in [0.25, 0.3) is 0 Å². The molecule has 8 heteroatoms. The lowest BCUT2D eigenvalue weighted by molar-refractivity contribution is -0.144. The highest BCUT2D eigenvalue weighted by Gasteiger charge is 2.42. The number of aliphatic hydroxyl groups excluding tert-OH is 1. The van der Waals surface area contributed by atoms with Crippen molar-refractivity contribution >= 4 is 11.6 Å². The molecule has 0 amide bonds. The largest absolute Gasteiger partial charge is 0.451 e. The summed E-state index contributed by atoms with van der Waals surface area (Å²) < 4.78 is 38.3. The van der Waals surface area contributed by atoms with Crippen LogP contribution in [-0.2, 0) is 6.18 Å². The topological polar surface area (TPSA) is 70.1 Å². The summed E-state index contributed by atoms with van der Waals surface area (Å²) in [5, 5.41) is 14.7. The van der Waals surface area contributed by atoms with Crippen molar-refractivity contribution in [3.05, 3.63) is 11.9 Å². The lowest BCUT2D eigenvalue weighted by Gasteiger charge is -2.16. The predicted octanol–water partition coefficient (Wildman–Crippen LogP) is 2.50. The fraction of sp³-hybridized carbons (Fsp3) is 0.692. The monoisotopic (exact) mass is 304 g/mol. The molecular formula is C13H19F3N4O. The summed E-state index contributed by atoms with van der Waals surface area (Å²) in [4.78, 5) is 6.99. The summed E-state index contributed by atoms with van der Waals surface area (Å²) in [6, 6.07) is 1.47. The third kappa shape index (κ3) is 4.20. The molecule has 1 aliphatic carbocycles. The molecule has 5 nitrogen and oxygen atoms in total. The van der Waals surface area contributed by atoms with Crippen molar-refractivity contribution in [3.8, 4) is 0 Å². The van der Waals surface area contributed by atoms with E-state index < -0.39 is 12.0 Å². The van der Waals surface area contributed by atoms with Gasteiger partial charge in [0, 0.05) is 25.8 Å². The van der Waals surface area contributed by atoms with Crippen LogP contribution in [0.5, 0.6) is 0 Å². The molecule has 1 aliphatic rings. The van der Waals surface area contributed by atoms with E-state index in [2.05, 4.69) is 20.6 Å². The van der Waals surface area contributed by atoms with E-state index in [1.807, 2.05) is 0 Å². The van der Waals surface area contributed by atoms with Gasteiger partial charge in [0.1, 0.15) is 11.6 Å². The molecule has 0 aromatic carbocycles. The number of nitrogens with zero attached hydrogens (tertiary/aromatic N) is 2. The fourth-order valence-corrected chi connectivity index (χ4v) is 2.14. The second-order valence-electron chi connectivity index (χ2n) is 5.32. The highest BCUT2D eigenvalue weighted by molar-refractivity contribution is 5.48. The fourth-order valence-electron chi connectivity index (χ4n) is 2.14. The Kier molecular flexibility index (Phi) is 4.55. The molecule has 21 heavy (non-hydrogen) atoms. The number of hydrogen-bond acceptors (Lipinski definition) is 5. The first-order chi connectivity index (χ1) is 9.88. The number of nitrogens with one attached hydrogen (secondary N) is 2. The summed E-state index contributed by atoms with van der Waals surface area (Å²) in [6.07, 6.45) is -1.99. The van der Waals surface area contributed by atoms with E-state index in [4.69, 9.17) is 5.11 Å². The number of anilines is 2. The molecule has 1 aromatic rings. The molecule has 1 saturated carbocycles. The van der Waals surface area contributed by atoms with Crippen LogP contribution in [-0.4, -0.2) is 34.8 Å². The van der Waals surface area contributed by atoms with Gasteiger partial charge in [-0.15, -0.1) is 0 Å². The van der Waals surface area contributed by atoms with E-state index in [0.29, 0.717) is 19.5 Å².